The minimum atomic E-state index is -0.978. The summed E-state index contributed by atoms with van der Waals surface area (Å²) in [5.41, 5.74) is 1.23. The van der Waals surface area contributed by atoms with E-state index in [-0.39, 0.29) is 5.56 Å². The molecule has 0 atom stereocenters. The highest BCUT2D eigenvalue weighted by Gasteiger charge is 2.11. The summed E-state index contributed by atoms with van der Waals surface area (Å²) in [7, 11) is 0. The van der Waals surface area contributed by atoms with E-state index in [0.29, 0.717) is 27.1 Å². The molecule has 0 fully saturated rings. The van der Waals surface area contributed by atoms with Gasteiger partial charge in [0.05, 0.1) is 5.56 Å². The van der Waals surface area contributed by atoms with Crippen molar-refractivity contribution in [2.24, 2.45) is 0 Å². The molecule has 20 heavy (non-hydrogen) atoms. The zero-order valence-corrected chi connectivity index (χ0v) is 12.1. The molecule has 2 rings (SSSR count). The number of benzene rings is 2. The van der Waals surface area contributed by atoms with Gasteiger partial charge in [-0.2, -0.15) is 5.26 Å². The van der Waals surface area contributed by atoms with E-state index in [0.717, 1.165) is 0 Å². The summed E-state index contributed by atoms with van der Waals surface area (Å²) in [6.45, 7) is 1.70. The van der Waals surface area contributed by atoms with Crippen LogP contribution in [0.2, 0.25) is 0 Å². The smallest absolute Gasteiger partial charge is 0.335 e. The molecular formula is C15H10BrNO3. The van der Waals surface area contributed by atoms with Gasteiger partial charge in [-0.15, -0.1) is 0 Å². The lowest BCUT2D eigenvalue weighted by atomic mass is 10.1. The molecule has 5 heteroatoms. The van der Waals surface area contributed by atoms with Crippen molar-refractivity contribution in [3.63, 3.8) is 0 Å². The fourth-order valence-electron chi connectivity index (χ4n) is 1.76. The van der Waals surface area contributed by atoms with E-state index >= 15 is 0 Å². The zero-order chi connectivity index (χ0) is 14.7. The molecule has 1 N–H and O–H groups in total. The second-order valence-electron chi connectivity index (χ2n) is 4.11. The maximum Gasteiger partial charge on any atom is 0.335 e. The van der Waals surface area contributed by atoms with Gasteiger partial charge in [-0.05, 0) is 58.7 Å². The molecule has 0 unspecified atom stereocenters. The summed E-state index contributed by atoms with van der Waals surface area (Å²) < 4.78 is 6.30. The first kappa shape index (κ1) is 14.1. The summed E-state index contributed by atoms with van der Waals surface area (Å²) in [4.78, 5) is 10.9. The Morgan fingerprint density at radius 1 is 1.35 bits per heavy atom. The molecule has 4 nitrogen and oxygen atoms in total. The van der Waals surface area contributed by atoms with Gasteiger partial charge in [-0.1, -0.05) is 6.07 Å². The summed E-state index contributed by atoms with van der Waals surface area (Å²) >= 11 is 3.29. The third-order valence-corrected chi connectivity index (χ3v) is 3.40. The van der Waals surface area contributed by atoms with E-state index in [2.05, 4.69) is 22.0 Å². The maximum atomic E-state index is 10.9. The van der Waals surface area contributed by atoms with Crippen LogP contribution in [0.5, 0.6) is 11.5 Å². The average Bonchev–Trinajstić information content (AvgIpc) is 2.38. The SMILES string of the molecule is Cc1cc(Oc2cccc(Br)c2C#N)ccc1C(=O)O. The van der Waals surface area contributed by atoms with Crippen LogP contribution in [0, 0.1) is 18.3 Å². The van der Waals surface area contributed by atoms with Crippen LogP contribution in [0.25, 0.3) is 0 Å². The van der Waals surface area contributed by atoms with Crippen LogP contribution < -0.4 is 4.74 Å². The Balaban J connectivity index is 2.37. The number of halogens is 1. The third-order valence-electron chi connectivity index (χ3n) is 2.74. The Kier molecular flexibility index (Phi) is 4.06. The number of ether oxygens (including phenoxy) is 1. The van der Waals surface area contributed by atoms with Crippen LogP contribution in [0.3, 0.4) is 0 Å². The van der Waals surface area contributed by atoms with Crippen molar-refractivity contribution in [2.75, 3.05) is 0 Å². The molecule has 0 bridgehead atoms. The van der Waals surface area contributed by atoms with E-state index in [9.17, 15) is 4.79 Å². The Bertz CT molecular complexity index is 720. The molecule has 0 saturated heterocycles. The van der Waals surface area contributed by atoms with Gasteiger partial charge in [0.25, 0.3) is 0 Å². The molecule has 2 aromatic carbocycles. The quantitative estimate of drug-likeness (QED) is 0.918. The first-order valence-electron chi connectivity index (χ1n) is 5.73. The second-order valence-corrected chi connectivity index (χ2v) is 4.96. The van der Waals surface area contributed by atoms with Gasteiger partial charge < -0.3 is 9.84 Å². The number of carbonyl (C=O) groups is 1. The second kappa shape index (κ2) is 5.76. The highest BCUT2D eigenvalue weighted by Crippen LogP contribution is 2.30. The average molecular weight is 332 g/mol. The molecule has 0 aliphatic rings. The van der Waals surface area contributed by atoms with Crippen molar-refractivity contribution in [3.05, 3.63) is 57.6 Å². The number of nitriles is 1. The van der Waals surface area contributed by atoms with Gasteiger partial charge in [0.2, 0.25) is 0 Å². The van der Waals surface area contributed by atoms with Crippen LogP contribution in [0.1, 0.15) is 21.5 Å². The molecule has 0 aromatic heterocycles. The fourth-order valence-corrected chi connectivity index (χ4v) is 2.20. The molecule has 0 radical (unpaired) electrons. The number of nitrogens with zero attached hydrogens (tertiary/aromatic N) is 1. The van der Waals surface area contributed by atoms with E-state index in [1.165, 1.54) is 6.07 Å². The third kappa shape index (κ3) is 2.81. The molecule has 0 spiro atoms. The normalized spacial score (nSPS) is 9.85. The first-order chi connectivity index (χ1) is 9.52. The molecule has 0 amide bonds. The number of aryl methyl sites for hydroxylation is 1. The van der Waals surface area contributed by atoms with Gasteiger partial charge >= 0.3 is 5.97 Å². The van der Waals surface area contributed by atoms with Crippen LogP contribution >= 0.6 is 15.9 Å². The Morgan fingerprint density at radius 3 is 2.70 bits per heavy atom. The zero-order valence-electron chi connectivity index (χ0n) is 10.6. The predicted octanol–water partition coefficient (Wildman–Crippen LogP) is 4.12. The van der Waals surface area contributed by atoms with E-state index in [1.807, 2.05) is 0 Å². The molecule has 2 aromatic rings. The lowest BCUT2D eigenvalue weighted by Gasteiger charge is -2.10. The Labute approximate surface area is 124 Å². The molecular weight excluding hydrogens is 322 g/mol. The van der Waals surface area contributed by atoms with E-state index < -0.39 is 5.97 Å². The lowest BCUT2D eigenvalue weighted by molar-refractivity contribution is 0.0696. The van der Waals surface area contributed by atoms with Crippen LogP contribution in [0.4, 0.5) is 0 Å². The minimum absolute atomic E-state index is 0.229. The van der Waals surface area contributed by atoms with Crippen LogP contribution in [-0.2, 0) is 0 Å². The maximum absolute atomic E-state index is 10.9. The number of hydrogen-bond donors (Lipinski definition) is 1. The summed E-state index contributed by atoms with van der Waals surface area (Å²) in [5, 5.41) is 18.1. The van der Waals surface area contributed by atoms with Crippen molar-refractivity contribution in [1.29, 1.82) is 5.26 Å². The number of rotatable bonds is 3. The van der Waals surface area contributed by atoms with Crippen molar-refractivity contribution < 1.29 is 14.6 Å². The van der Waals surface area contributed by atoms with E-state index in [1.54, 1.807) is 37.3 Å². The van der Waals surface area contributed by atoms with Gasteiger partial charge in [0.1, 0.15) is 23.1 Å². The highest BCUT2D eigenvalue weighted by molar-refractivity contribution is 9.10. The summed E-state index contributed by atoms with van der Waals surface area (Å²) in [5.74, 6) is -0.0688. The van der Waals surface area contributed by atoms with Gasteiger partial charge in [0.15, 0.2) is 0 Å². The molecule has 0 saturated carbocycles. The Morgan fingerprint density at radius 2 is 2.10 bits per heavy atom. The van der Waals surface area contributed by atoms with Crippen molar-refractivity contribution in [3.8, 4) is 17.6 Å². The number of aromatic carboxylic acids is 1. The van der Waals surface area contributed by atoms with Gasteiger partial charge in [0, 0.05) is 4.47 Å². The summed E-state index contributed by atoms with van der Waals surface area (Å²) in [6.07, 6.45) is 0. The van der Waals surface area contributed by atoms with Gasteiger partial charge in [-0.25, -0.2) is 4.79 Å². The highest BCUT2D eigenvalue weighted by atomic mass is 79.9. The topological polar surface area (TPSA) is 70.3 Å². The van der Waals surface area contributed by atoms with Crippen LogP contribution in [0.15, 0.2) is 40.9 Å². The van der Waals surface area contributed by atoms with E-state index in [4.69, 9.17) is 15.1 Å². The molecule has 0 aliphatic carbocycles. The van der Waals surface area contributed by atoms with Crippen molar-refractivity contribution >= 4 is 21.9 Å². The molecule has 0 heterocycles. The van der Waals surface area contributed by atoms with Crippen LogP contribution in [-0.4, -0.2) is 11.1 Å². The number of hydrogen-bond acceptors (Lipinski definition) is 3. The summed E-state index contributed by atoms with van der Waals surface area (Å²) in [6, 6.07) is 11.9. The number of carboxylic acid groups (broad SMARTS) is 1. The first-order valence-corrected chi connectivity index (χ1v) is 6.52. The van der Waals surface area contributed by atoms with Crippen molar-refractivity contribution in [1.82, 2.24) is 0 Å². The number of carboxylic acids is 1. The standard InChI is InChI=1S/C15H10BrNO3/c1-9-7-10(5-6-11(9)15(18)19)20-14-4-2-3-13(16)12(14)8-17/h2-7H,1H3,(H,18,19). The minimum Gasteiger partial charge on any atom is -0.478 e. The fraction of sp³-hybridized carbons (Fsp3) is 0.0667. The van der Waals surface area contributed by atoms with Gasteiger partial charge in [-0.3, -0.25) is 0 Å². The lowest BCUT2D eigenvalue weighted by Crippen LogP contribution is -1.99. The van der Waals surface area contributed by atoms with Crippen molar-refractivity contribution in [2.45, 2.75) is 6.92 Å². The largest absolute Gasteiger partial charge is 0.478 e. The monoisotopic (exact) mass is 331 g/mol. The molecule has 0 aliphatic heterocycles. The molecule has 100 valence electrons. The Hall–Kier alpha value is -2.32. The predicted molar refractivity (Wildman–Crippen MR) is 77.1 cm³/mol.